The maximum Gasteiger partial charge on any atom is 0.0578 e. The third-order valence-electron chi connectivity index (χ3n) is 4.23. The molecule has 0 radical (unpaired) electrons. The van der Waals surface area contributed by atoms with Crippen LogP contribution in [0.5, 0.6) is 0 Å². The molecule has 2 heteroatoms. The molecule has 1 N–H and O–H groups in total. The van der Waals surface area contributed by atoms with Crippen LogP contribution in [0.15, 0.2) is 24.4 Å². The molecular formula is C20H36N2. The fourth-order valence-corrected chi connectivity index (χ4v) is 2.91. The van der Waals surface area contributed by atoms with Gasteiger partial charge in [0.2, 0.25) is 0 Å². The highest BCUT2D eigenvalue weighted by molar-refractivity contribution is 5.11. The maximum atomic E-state index is 4.54. The van der Waals surface area contributed by atoms with Gasteiger partial charge in [0.1, 0.15) is 0 Å². The van der Waals surface area contributed by atoms with E-state index in [0.29, 0.717) is 6.04 Å². The predicted octanol–water partition coefficient (Wildman–Crippen LogP) is 5.90. The lowest BCUT2D eigenvalue weighted by molar-refractivity contribution is 0.266. The van der Waals surface area contributed by atoms with Crippen molar-refractivity contribution in [1.29, 1.82) is 0 Å². The van der Waals surface area contributed by atoms with Crippen molar-refractivity contribution in [2.24, 2.45) is 5.41 Å². The van der Waals surface area contributed by atoms with E-state index >= 15 is 0 Å². The number of hydrogen-bond acceptors (Lipinski definition) is 2. The van der Waals surface area contributed by atoms with Crippen LogP contribution >= 0.6 is 0 Å². The summed E-state index contributed by atoms with van der Waals surface area (Å²) in [5.41, 5.74) is 1.35. The summed E-state index contributed by atoms with van der Waals surface area (Å²) in [4.78, 5) is 4.54. The first-order chi connectivity index (χ1) is 10.6. The van der Waals surface area contributed by atoms with Gasteiger partial charge in [0.05, 0.1) is 11.7 Å². The average molecular weight is 305 g/mol. The third kappa shape index (κ3) is 7.93. The van der Waals surface area contributed by atoms with E-state index in [4.69, 9.17) is 0 Å². The van der Waals surface area contributed by atoms with Crippen LogP contribution in [0.25, 0.3) is 0 Å². The van der Waals surface area contributed by atoms with E-state index in [1.165, 1.54) is 51.4 Å². The zero-order chi connectivity index (χ0) is 16.3. The van der Waals surface area contributed by atoms with Crippen molar-refractivity contribution < 1.29 is 0 Å². The van der Waals surface area contributed by atoms with E-state index in [1.807, 2.05) is 12.3 Å². The van der Waals surface area contributed by atoms with Gasteiger partial charge in [-0.15, -0.1) is 0 Å². The van der Waals surface area contributed by atoms with Crippen molar-refractivity contribution in [1.82, 2.24) is 10.3 Å². The summed E-state index contributed by atoms with van der Waals surface area (Å²) in [6, 6.07) is 6.54. The molecule has 1 atom stereocenters. The van der Waals surface area contributed by atoms with Crippen molar-refractivity contribution >= 4 is 0 Å². The Labute approximate surface area is 138 Å². The lowest BCUT2D eigenvalue weighted by Crippen LogP contribution is -2.33. The molecule has 0 aromatic carbocycles. The standard InChI is InChI=1S/C20H36N2/c1-5-6-7-8-9-10-11-13-17-22-19(20(2,3)4)18-15-12-14-16-21-18/h12,14-16,19,22H,5-11,13,17H2,1-4H3/t19-/m0/s1. The first-order valence-corrected chi connectivity index (χ1v) is 9.20. The summed E-state index contributed by atoms with van der Waals surface area (Å²) in [7, 11) is 0. The second-order valence-electron chi connectivity index (χ2n) is 7.48. The molecule has 1 heterocycles. The Morgan fingerprint density at radius 1 is 0.955 bits per heavy atom. The quantitative estimate of drug-likeness (QED) is 0.515. The van der Waals surface area contributed by atoms with Crippen LogP contribution in [0.1, 0.15) is 90.8 Å². The molecule has 1 rings (SSSR count). The topological polar surface area (TPSA) is 24.9 Å². The summed E-state index contributed by atoms with van der Waals surface area (Å²) in [5.74, 6) is 0. The van der Waals surface area contributed by atoms with E-state index in [2.05, 4.69) is 50.1 Å². The minimum absolute atomic E-state index is 0.189. The summed E-state index contributed by atoms with van der Waals surface area (Å²) in [5, 5.41) is 3.72. The Morgan fingerprint density at radius 3 is 2.14 bits per heavy atom. The molecule has 0 aliphatic carbocycles. The molecule has 0 unspecified atom stereocenters. The Balaban J connectivity index is 2.23. The number of hydrogen-bond donors (Lipinski definition) is 1. The zero-order valence-corrected chi connectivity index (χ0v) is 15.2. The Hall–Kier alpha value is -0.890. The lowest BCUT2D eigenvalue weighted by atomic mass is 9.84. The molecule has 0 fully saturated rings. The molecule has 0 amide bonds. The lowest BCUT2D eigenvalue weighted by Gasteiger charge is -2.31. The average Bonchev–Trinajstić information content (AvgIpc) is 2.49. The van der Waals surface area contributed by atoms with E-state index in [-0.39, 0.29) is 5.41 Å². The van der Waals surface area contributed by atoms with Gasteiger partial charge in [-0.3, -0.25) is 4.98 Å². The number of aromatic nitrogens is 1. The van der Waals surface area contributed by atoms with E-state index < -0.39 is 0 Å². The Morgan fingerprint density at radius 2 is 1.59 bits per heavy atom. The molecule has 0 saturated carbocycles. The van der Waals surface area contributed by atoms with E-state index in [0.717, 1.165) is 12.2 Å². The largest absolute Gasteiger partial charge is 0.308 e. The third-order valence-corrected chi connectivity index (χ3v) is 4.23. The van der Waals surface area contributed by atoms with Gasteiger partial charge >= 0.3 is 0 Å². The van der Waals surface area contributed by atoms with Gasteiger partial charge in [0.15, 0.2) is 0 Å². The van der Waals surface area contributed by atoms with Crippen molar-refractivity contribution in [3.8, 4) is 0 Å². The van der Waals surface area contributed by atoms with Crippen LogP contribution in [0, 0.1) is 5.41 Å². The molecule has 0 aliphatic heterocycles. The molecule has 0 spiro atoms. The number of nitrogens with zero attached hydrogens (tertiary/aromatic N) is 1. The van der Waals surface area contributed by atoms with Crippen LogP contribution in [0.4, 0.5) is 0 Å². The minimum atomic E-state index is 0.189. The van der Waals surface area contributed by atoms with Gasteiger partial charge < -0.3 is 5.32 Å². The Kier molecular flexibility index (Phi) is 9.38. The first kappa shape index (κ1) is 19.2. The molecular weight excluding hydrogens is 268 g/mol. The normalized spacial score (nSPS) is 13.3. The van der Waals surface area contributed by atoms with Crippen molar-refractivity contribution in [3.05, 3.63) is 30.1 Å². The van der Waals surface area contributed by atoms with Crippen LogP contribution in [-0.4, -0.2) is 11.5 Å². The molecule has 1 aromatic rings. The van der Waals surface area contributed by atoms with Crippen molar-refractivity contribution in [2.45, 2.75) is 85.1 Å². The highest BCUT2D eigenvalue weighted by atomic mass is 15.0. The molecule has 0 bridgehead atoms. The molecule has 2 nitrogen and oxygen atoms in total. The van der Waals surface area contributed by atoms with Crippen molar-refractivity contribution in [2.75, 3.05) is 6.54 Å². The zero-order valence-electron chi connectivity index (χ0n) is 15.2. The molecule has 0 saturated heterocycles. The van der Waals surface area contributed by atoms with Crippen LogP contribution in [-0.2, 0) is 0 Å². The van der Waals surface area contributed by atoms with Crippen LogP contribution in [0.2, 0.25) is 0 Å². The van der Waals surface area contributed by atoms with Crippen molar-refractivity contribution in [3.63, 3.8) is 0 Å². The SMILES string of the molecule is CCCCCCCCCCN[C@@H](c1ccccn1)C(C)(C)C. The first-order valence-electron chi connectivity index (χ1n) is 9.20. The minimum Gasteiger partial charge on any atom is -0.308 e. The second kappa shape index (κ2) is 10.8. The molecule has 1 aromatic heterocycles. The summed E-state index contributed by atoms with van der Waals surface area (Å²) in [6.45, 7) is 10.2. The van der Waals surface area contributed by atoms with Gasteiger partial charge in [-0.2, -0.15) is 0 Å². The molecule has 22 heavy (non-hydrogen) atoms. The van der Waals surface area contributed by atoms with Gasteiger partial charge in [-0.25, -0.2) is 0 Å². The summed E-state index contributed by atoms with van der Waals surface area (Å²) in [6.07, 6.45) is 12.9. The maximum absolute atomic E-state index is 4.54. The van der Waals surface area contributed by atoms with E-state index in [9.17, 15) is 0 Å². The number of rotatable bonds is 11. The fraction of sp³-hybridized carbons (Fsp3) is 0.750. The van der Waals surface area contributed by atoms with E-state index in [1.54, 1.807) is 0 Å². The smallest absolute Gasteiger partial charge is 0.0578 e. The van der Waals surface area contributed by atoms with Crippen LogP contribution < -0.4 is 5.32 Å². The number of unbranched alkanes of at least 4 members (excludes halogenated alkanes) is 7. The molecule has 126 valence electrons. The monoisotopic (exact) mass is 304 g/mol. The summed E-state index contributed by atoms with van der Waals surface area (Å²) >= 11 is 0. The van der Waals surface area contributed by atoms with Gasteiger partial charge in [-0.1, -0.05) is 78.7 Å². The van der Waals surface area contributed by atoms with Crippen LogP contribution in [0.3, 0.4) is 0 Å². The van der Waals surface area contributed by atoms with Gasteiger partial charge in [-0.05, 0) is 30.5 Å². The highest BCUT2D eigenvalue weighted by Gasteiger charge is 2.26. The predicted molar refractivity (Wildman–Crippen MR) is 97.0 cm³/mol. The number of nitrogens with one attached hydrogen (secondary N) is 1. The highest BCUT2D eigenvalue weighted by Crippen LogP contribution is 2.31. The molecule has 0 aliphatic rings. The fourth-order valence-electron chi connectivity index (χ4n) is 2.91. The Bertz CT molecular complexity index is 367. The number of pyridine rings is 1. The second-order valence-corrected chi connectivity index (χ2v) is 7.48. The van der Waals surface area contributed by atoms with Gasteiger partial charge in [0.25, 0.3) is 0 Å². The summed E-state index contributed by atoms with van der Waals surface area (Å²) < 4.78 is 0. The van der Waals surface area contributed by atoms with Gasteiger partial charge in [0, 0.05) is 6.20 Å².